The van der Waals surface area contributed by atoms with Crippen LogP contribution in [0, 0.1) is 5.92 Å². The molecule has 31 heavy (non-hydrogen) atoms. The first-order valence-electron chi connectivity index (χ1n) is 9.68. The van der Waals surface area contributed by atoms with Crippen LogP contribution in [0.25, 0.3) is 5.69 Å². The molecular weight excluding hydrogens is 433 g/mol. The molecule has 1 aliphatic rings. The second-order valence-electron chi connectivity index (χ2n) is 7.30. The Balaban J connectivity index is 1.49. The first-order chi connectivity index (χ1) is 14.8. The maximum Gasteiger partial charge on any atom is 0.434 e. The van der Waals surface area contributed by atoms with Crippen LogP contribution in [0.2, 0.25) is 5.15 Å². The number of nitrogens with one attached hydrogen (secondary N) is 1. The normalized spacial score (nSPS) is 18.8. The van der Waals surface area contributed by atoms with Gasteiger partial charge in [0.25, 0.3) is 5.91 Å². The lowest BCUT2D eigenvalue weighted by Crippen LogP contribution is -2.38. The largest absolute Gasteiger partial charge is 0.434 e. The van der Waals surface area contributed by atoms with Crippen molar-refractivity contribution in [2.45, 2.75) is 37.9 Å². The molecule has 0 spiro atoms. The SMILES string of the molecule is O=C(N[C@H]1CCC[C@@H]1Cc1ncc(C(F)(F)F)nc1Cl)c1ccccc1-n1nccn1. The second-order valence-corrected chi connectivity index (χ2v) is 7.66. The number of amides is 1. The molecular formula is C20H18ClF3N6O. The van der Waals surface area contributed by atoms with E-state index in [2.05, 4.69) is 25.5 Å². The van der Waals surface area contributed by atoms with Crippen LogP contribution >= 0.6 is 11.6 Å². The number of hydrogen-bond donors (Lipinski definition) is 1. The summed E-state index contributed by atoms with van der Waals surface area (Å²) in [5, 5.41) is 10.9. The molecule has 2 atom stereocenters. The summed E-state index contributed by atoms with van der Waals surface area (Å²) in [6.07, 6.45) is 1.90. The molecule has 11 heteroatoms. The summed E-state index contributed by atoms with van der Waals surface area (Å²) in [5.41, 5.74) is 0.149. The standard InChI is InChI=1S/C20H18ClF3N6O/c21-18-15(25-11-17(29-18)20(22,23)24)10-12-4-3-6-14(12)28-19(31)13-5-1-2-7-16(13)30-26-8-9-27-30/h1-2,5,7-9,11-12,14H,3-4,6,10H2,(H,28,31)/t12-,14+/m1/s1. The van der Waals surface area contributed by atoms with Gasteiger partial charge in [0, 0.05) is 6.04 Å². The quantitative estimate of drug-likeness (QED) is 0.637. The van der Waals surface area contributed by atoms with Gasteiger partial charge in [-0.05, 0) is 37.3 Å². The molecule has 162 valence electrons. The average Bonchev–Trinajstić information content (AvgIpc) is 3.41. The number of benzene rings is 1. The first-order valence-corrected chi connectivity index (χ1v) is 10.1. The van der Waals surface area contributed by atoms with E-state index >= 15 is 0 Å². The maximum atomic E-state index is 13.0. The van der Waals surface area contributed by atoms with E-state index in [1.54, 1.807) is 24.3 Å². The highest BCUT2D eigenvalue weighted by Crippen LogP contribution is 2.32. The Morgan fingerprint density at radius 1 is 1.19 bits per heavy atom. The van der Waals surface area contributed by atoms with Crippen molar-refractivity contribution in [2.75, 3.05) is 0 Å². The molecule has 0 saturated heterocycles. The Labute approximate surface area is 180 Å². The Hall–Kier alpha value is -3.01. The zero-order chi connectivity index (χ0) is 22.0. The lowest BCUT2D eigenvalue weighted by atomic mass is 9.97. The van der Waals surface area contributed by atoms with Gasteiger partial charge in [-0.1, -0.05) is 30.2 Å². The fourth-order valence-corrected chi connectivity index (χ4v) is 4.03. The van der Waals surface area contributed by atoms with Crippen LogP contribution in [-0.4, -0.2) is 36.9 Å². The third-order valence-electron chi connectivity index (χ3n) is 5.30. The van der Waals surface area contributed by atoms with Gasteiger partial charge in [-0.25, -0.2) is 4.98 Å². The Bertz CT molecular complexity index is 1070. The fraction of sp³-hybridized carbons (Fsp3) is 0.350. The van der Waals surface area contributed by atoms with Gasteiger partial charge in [0.1, 0.15) is 0 Å². The summed E-state index contributed by atoms with van der Waals surface area (Å²) in [4.78, 5) is 21.7. The minimum absolute atomic E-state index is 0.0116. The van der Waals surface area contributed by atoms with Crippen molar-refractivity contribution in [1.29, 1.82) is 0 Å². The van der Waals surface area contributed by atoms with Gasteiger partial charge in [0.15, 0.2) is 10.8 Å². The van der Waals surface area contributed by atoms with Gasteiger partial charge in [-0.2, -0.15) is 28.2 Å². The summed E-state index contributed by atoms with van der Waals surface area (Å²) >= 11 is 5.96. The minimum Gasteiger partial charge on any atom is -0.349 e. The van der Waals surface area contributed by atoms with E-state index < -0.39 is 11.9 Å². The monoisotopic (exact) mass is 450 g/mol. The zero-order valence-corrected chi connectivity index (χ0v) is 16.9. The predicted molar refractivity (Wildman–Crippen MR) is 106 cm³/mol. The Morgan fingerprint density at radius 2 is 1.94 bits per heavy atom. The molecule has 0 unspecified atom stereocenters. The molecule has 1 N–H and O–H groups in total. The van der Waals surface area contributed by atoms with Crippen LogP contribution in [0.15, 0.2) is 42.9 Å². The van der Waals surface area contributed by atoms with Gasteiger partial charge in [0.05, 0.1) is 35.5 Å². The van der Waals surface area contributed by atoms with Crippen LogP contribution < -0.4 is 5.32 Å². The molecule has 0 radical (unpaired) electrons. The van der Waals surface area contributed by atoms with Crippen LogP contribution in [0.1, 0.15) is 41.0 Å². The highest BCUT2D eigenvalue weighted by molar-refractivity contribution is 6.30. The highest BCUT2D eigenvalue weighted by atomic mass is 35.5. The van der Waals surface area contributed by atoms with E-state index in [-0.39, 0.29) is 23.0 Å². The van der Waals surface area contributed by atoms with Gasteiger partial charge in [0.2, 0.25) is 0 Å². The zero-order valence-electron chi connectivity index (χ0n) is 16.2. The first kappa shape index (κ1) is 21.2. The number of alkyl halides is 3. The lowest BCUT2D eigenvalue weighted by Gasteiger charge is -2.22. The third kappa shape index (κ3) is 4.68. The van der Waals surface area contributed by atoms with Crippen LogP contribution in [0.4, 0.5) is 13.2 Å². The second kappa shape index (κ2) is 8.62. The van der Waals surface area contributed by atoms with Gasteiger partial charge >= 0.3 is 6.18 Å². The summed E-state index contributed by atoms with van der Waals surface area (Å²) in [7, 11) is 0. The van der Waals surface area contributed by atoms with E-state index in [0.29, 0.717) is 29.6 Å². The molecule has 1 aliphatic carbocycles. The predicted octanol–water partition coefficient (Wildman–Crippen LogP) is 3.87. The molecule has 1 fully saturated rings. The molecule has 2 aromatic heterocycles. The number of rotatable bonds is 5. The van der Waals surface area contributed by atoms with E-state index in [0.717, 1.165) is 19.3 Å². The van der Waals surface area contributed by atoms with Gasteiger partial charge in [-0.15, -0.1) is 0 Å². The number of para-hydroxylation sites is 1. The van der Waals surface area contributed by atoms with Crippen molar-refractivity contribution in [3.05, 3.63) is 65.0 Å². The Morgan fingerprint density at radius 3 is 2.65 bits per heavy atom. The molecule has 1 amide bonds. The maximum absolute atomic E-state index is 13.0. The van der Waals surface area contributed by atoms with Crippen molar-refractivity contribution in [3.63, 3.8) is 0 Å². The molecule has 1 saturated carbocycles. The van der Waals surface area contributed by atoms with Crippen molar-refractivity contribution >= 4 is 17.5 Å². The molecule has 3 aromatic rings. The van der Waals surface area contributed by atoms with E-state index in [4.69, 9.17) is 11.6 Å². The number of hydrogen-bond acceptors (Lipinski definition) is 5. The van der Waals surface area contributed by atoms with E-state index in [9.17, 15) is 18.0 Å². The molecule has 7 nitrogen and oxygen atoms in total. The Kier molecular flexibility index (Phi) is 5.90. The molecule has 2 heterocycles. The number of nitrogens with zero attached hydrogens (tertiary/aromatic N) is 5. The van der Waals surface area contributed by atoms with Crippen molar-refractivity contribution < 1.29 is 18.0 Å². The summed E-state index contributed by atoms with van der Waals surface area (Å²) in [5.74, 6) is -0.281. The van der Waals surface area contributed by atoms with E-state index in [1.807, 2.05) is 0 Å². The fourth-order valence-electron chi connectivity index (χ4n) is 3.81. The summed E-state index contributed by atoms with van der Waals surface area (Å²) in [6, 6.07) is 6.82. The lowest BCUT2D eigenvalue weighted by molar-refractivity contribution is -0.141. The third-order valence-corrected chi connectivity index (χ3v) is 5.61. The smallest absolute Gasteiger partial charge is 0.349 e. The highest BCUT2D eigenvalue weighted by Gasteiger charge is 2.35. The van der Waals surface area contributed by atoms with Crippen LogP contribution in [-0.2, 0) is 12.6 Å². The minimum atomic E-state index is -4.60. The van der Waals surface area contributed by atoms with Crippen LogP contribution in [0.5, 0.6) is 0 Å². The van der Waals surface area contributed by atoms with E-state index in [1.165, 1.54) is 17.2 Å². The molecule has 0 aliphatic heterocycles. The van der Waals surface area contributed by atoms with Crippen molar-refractivity contribution in [3.8, 4) is 5.69 Å². The van der Waals surface area contributed by atoms with Crippen molar-refractivity contribution in [1.82, 2.24) is 30.3 Å². The van der Waals surface area contributed by atoms with Crippen LogP contribution in [0.3, 0.4) is 0 Å². The van der Waals surface area contributed by atoms with Gasteiger partial charge in [-0.3, -0.25) is 9.78 Å². The topological polar surface area (TPSA) is 85.6 Å². The average molecular weight is 451 g/mol. The van der Waals surface area contributed by atoms with Gasteiger partial charge < -0.3 is 5.32 Å². The number of aromatic nitrogens is 5. The molecule has 0 bridgehead atoms. The number of carbonyl (C=O) groups is 1. The number of carbonyl (C=O) groups excluding carboxylic acids is 1. The molecule has 1 aromatic carbocycles. The summed E-state index contributed by atoms with van der Waals surface area (Å²) < 4.78 is 38.4. The number of halogens is 4. The molecule has 4 rings (SSSR count). The summed E-state index contributed by atoms with van der Waals surface area (Å²) in [6.45, 7) is 0. The van der Waals surface area contributed by atoms with Crippen molar-refractivity contribution in [2.24, 2.45) is 5.92 Å².